The third-order valence-corrected chi connectivity index (χ3v) is 3.06. The van der Waals surface area contributed by atoms with Gasteiger partial charge < -0.3 is 10.3 Å². The summed E-state index contributed by atoms with van der Waals surface area (Å²) >= 11 is 3.40. The lowest BCUT2D eigenvalue weighted by atomic mass is 10.1. The molecule has 0 aliphatic carbocycles. The number of rotatable bonds is 4. The fraction of sp³-hybridized carbons (Fsp3) is 0.333. The summed E-state index contributed by atoms with van der Waals surface area (Å²) in [6, 6.07) is 8.07. The Morgan fingerprint density at radius 2 is 2.06 bits per heavy atom. The maximum atomic E-state index is 5.55. The van der Waals surface area contributed by atoms with Crippen molar-refractivity contribution in [2.75, 3.05) is 6.54 Å². The van der Waals surface area contributed by atoms with Gasteiger partial charge in [-0.25, -0.2) is 0 Å². The van der Waals surface area contributed by atoms with Gasteiger partial charge in [0.2, 0.25) is 5.89 Å². The molecule has 0 bridgehead atoms. The van der Waals surface area contributed by atoms with Crippen molar-refractivity contribution in [2.24, 2.45) is 5.73 Å². The van der Waals surface area contributed by atoms with Gasteiger partial charge in [-0.1, -0.05) is 40.1 Å². The average molecular weight is 296 g/mol. The summed E-state index contributed by atoms with van der Waals surface area (Å²) in [5.74, 6) is 1.42. The first-order chi connectivity index (χ1) is 8.19. The highest BCUT2D eigenvalue weighted by Gasteiger charge is 2.12. The molecule has 90 valence electrons. The van der Waals surface area contributed by atoms with E-state index in [-0.39, 0.29) is 5.92 Å². The monoisotopic (exact) mass is 295 g/mol. The van der Waals surface area contributed by atoms with E-state index in [1.165, 1.54) is 0 Å². The molecule has 0 amide bonds. The van der Waals surface area contributed by atoms with Gasteiger partial charge in [-0.05, 0) is 17.7 Å². The van der Waals surface area contributed by atoms with Crippen LogP contribution in [0.4, 0.5) is 0 Å². The molecule has 5 heteroatoms. The van der Waals surface area contributed by atoms with Gasteiger partial charge in [0.05, 0.1) is 0 Å². The lowest BCUT2D eigenvalue weighted by Crippen LogP contribution is -2.09. The molecule has 0 saturated heterocycles. The maximum Gasteiger partial charge on any atom is 0.230 e. The van der Waals surface area contributed by atoms with Crippen molar-refractivity contribution in [3.8, 4) is 0 Å². The molecule has 0 spiro atoms. The smallest absolute Gasteiger partial charge is 0.230 e. The van der Waals surface area contributed by atoms with Crippen LogP contribution in [0.3, 0.4) is 0 Å². The van der Waals surface area contributed by atoms with E-state index in [4.69, 9.17) is 10.3 Å². The van der Waals surface area contributed by atoms with Crippen LogP contribution in [0.15, 0.2) is 33.3 Å². The summed E-state index contributed by atoms with van der Waals surface area (Å²) in [5, 5.41) is 3.95. The number of benzene rings is 1. The Morgan fingerprint density at radius 1 is 1.35 bits per heavy atom. The van der Waals surface area contributed by atoms with Crippen LogP contribution in [-0.4, -0.2) is 16.7 Å². The summed E-state index contributed by atoms with van der Waals surface area (Å²) in [6.07, 6.45) is 0.675. The average Bonchev–Trinajstić information content (AvgIpc) is 2.80. The molecule has 0 aliphatic heterocycles. The predicted molar refractivity (Wildman–Crippen MR) is 68.7 cm³/mol. The molecular weight excluding hydrogens is 282 g/mol. The van der Waals surface area contributed by atoms with Crippen LogP contribution in [-0.2, 0) is 6.42 Å². The molecule has 1 aromatic carbocycles. The topological polar surface area (TPSA) is 64.9 Å². The SMILES string of the molecule is CC(CN)c1nc(Cc2ccc(Br)cc2)no1. The number of nitrogens with zero attached hydrogens (tertiary/aromatic N) is 2. The number of hydrogen-bond donors (Lipinski definition) is 1. The summed E-state index contributed by atoms with van der Waals surface area (Å²) in [7, 11) is 0. The predicted octanol–water partition coefficient (Wildman–Crippen LogP) is 2.49. The highest BCUT2D eigenvalue weighted by atomic mass is 79.9. The lowest BCUT2D eigenvalue weighted by Gasteiger charge is -1.99. The van der Waals surface area contributed by atoms with Crippen molar-refractivity contribution in [3.05, 3.63) is 46.0 Å². The van der Waals surface area contributed by atoms with E-state index < -0.39 is 0 Å². The minimum Gasteiger partial charge on any atom is -0.339 e. The fourth-order valence-electron chi connectivity index (χ4n) is 1.43. The molecule has 4 nitrogen and oxygen atoms in total. The molecule has 0 saturated carbocycles. The van der Waals surface area contributed by atoms with Crippen LogP contribution >= 0.6 is 15.9 Å². The fourth-order valence-corrected chi connectivity index (χ4v) is 1.69. The number of halogens is 1. The Hall–Kier alpha value is -1.20. The molecule has 1 unspecified atom stereocenters. The van der Waals surface area contributed by atoms with Crippen molar-refractivity contribution >= 4 is 15.9 Å². The quantitative estimate of drug-likeness (QED) is 0.941. The Bertz CT molecular complexity index is 481. The zero-order valence-corrected chi connectivity index (χ0v) is 11.1. The third-order valence-electron chi connectivity index (χ3n) is 2.53. The Balaban J connectivity index is 2.08. The van der Waals surface area contributed by atoms with E-state index in [0.29, 0.717) is 24.7 Å². The third kappa shape index (κ3) is 3.14. The van der Waals surface area contributed by atoms with Crippen molar-refractivity contribution in [2.45, 2.75) is 19.3 Å². The van der Waals surface area contributed by atoms with Crippen LogP contribution < -0.4 is 5.73 Å². The molecule has 17 heavy (non-hydrogen) atoms. The van der Waals surface area contributed by atoms with Crippen LogP contribution in [0.1, 0.15) is 30.1 Å². The highest BCUT2D eigenvalue weighted by Crippen LogP contribution is 2.15. The van der Waals surface area contributed by atoms with Crippen molar-refractivity contribution in [3.63, 3.8) is 0 Å². The Kier molecular flexibility index (Phi) is 3.91. The van der Waals surface area contributed by atoms with Gasteiger partial charge in [-0.2, -0.15) is 4.98 Å². The first-order valence-electron chi connectivity index (χ1n) is 5.46. The minimum atomic E-state index is 0.112. The lowest BCUT2D eigenvalue weighted by molar-refractivity contribution is 0.357. The summed E-state index contributed by atoms with van der Waals surface area (Å²) < 4.78 is 6.22. The van der Waals surface area contributed by atoms with Crippen molar-refractivity contribution < 1.29 is 4.52 Å². The van der Waals surface area contributed by atoms with Crippen molar-refractivity contribution in [1.29, 1.82) is 0 Å². The van der Waals surface area contributed by atoms with Crippen molar-refractivity contribution in [1.82, 2.24) is 10.1 Å². The first kappa shape index (κ1) is 12.3. The molecule has 1 aromatic heterocycles. The zero-order valence-electron chi connectivity index (χ0n) is 9.56. The Morgan fingerprint density at radius 3 is 2.71 bits per heavy atom. The van der Waals surface area contributed by atoms with E-state index >= 15 is 0 Å². The minimum absolute atomic E-state index is 0.112. The zero-order chi connectivity index (χ0) is 12.3. The molecule has 1 atom stereocenters. The van der Waals surface area contributed by atoms with E-state index in [1.807, 2.05) is 31.2 Å². The van der Waals surface area contributed by atoms with E-state index in [2.05, 4.69) is 26.1 Å². The van der Waals surface area contributed by atoms with E-state index in [1.54, 1.807) is 0 Å². The molecule has 2 N–H and O–H groups in total. The normalized spacial score (nSPS) is 12.6. The first-order valence-corrected chi connectivity index (χ1v) is 6.25. The second-order valence-electron chi connectivity index (χ2n) is 3.99. The van der Waals surface area contributed by atoms with Crippen LogP contribution in [0.25, 0.3) is 0 Å². The van der Waals surface area contributed by atoms with Gasteiger partial charge in [0.15, 0.2) is 5.82 Å². The summed E-state index contributed by atoms with van der Waals surface area (Å²) in [5.41, 5.74) is 6.70. The number of nitrogens with two attached hydrogens (primary N) is 1. The van der Waals surface area contributed by atoms with Gasteiger partial charge in [-0.3, -0.25) is 0 Å². The Labute approximate surface area is 108 Å². The molecular formula is C12H14BrN3O. The largest absolute Gasteiger partial charge is 0.339 e. The second-order valence-corrected chi connectivity index (χ2v) is 4.90. The highest BCUT2D eigenvalue weighted by molar-refractivity contribution is 9.10. The maximum absolute atomic E-state index is 5.55. The molecule has 0 aliphatic rings. The molecule has 2 rings (SSSR count). The summed E-state index contributed by atoms with van der Waals surface area (Å²) in [6.45, 7) is 2.48. The molecule has 2 aromatic rings. The van der Waals surface area contributed by atoms with Gasteiger partial charge in [-0.15, -0.1) is 0 Å². The molecule has 0 fully saturated rings. The standard InChI is InChI=1S/C12H14BrN3O/c1-8(7-14)12-15-11(16-17-12)6-9-2-4-10(13)5-3-9/h2-5,8H,6-7,14H2,1H3. The van der Waals surface area contributed by atoms with E-state index in [0.717, 1.165) is 10.0 Å². The van der Waals surface area contributed by atoms with Crippen LogP contribution in [0.5, 0.6) is 0 Å². The molecule has 0 radical (unpaired) electrons. The van der Waals surface area contributed by atoms with Gasteiger partial charge >= 0.3 is 0 Å². The van der Waals surface area contributed by atoms with E-state index in [9.17, 15) is 0 Å². The van der Waals surface area contributed by atoms with Crippen LogP contribution in [0.2, 0.25) is 0 Å². The van der Waals surface area contributed by atoms with Gasteiger partial charge in [0.1, 0.15) is 0 Å². The number of hydrogen-bond acceptors (Lipinski definition) is 4. The second kappa shape index (κ2) is 5.42. The summed E-state index contributed by atoms with van der Waals surface area (Å²) in [4.78, 5) is 4.33. The van der Waals surface area contributed by atoms with Gasteiger partial charge in [0.25, 0.3) is 0 Å². The van der Waals surface area contributed by atoms with Crippen LogP contribution in [0, 0.1) is 0 Å². The molecule has 1 heterocycles. The van der Waals surface area contributed by atoms with Gasteiger partial charge in [0, 0.05) is 23.4 Å². The number of aromatic nitrogens is 2.